The summed E-state index contributed by atoms with van der Waals surface area (Å²) in [5, 5.41) is 6.37. The van der Waals surface area contributed by atoms with E-state index in [1.54, 1.807) is 13.3 Å². The molecule has 0 atom stereocenters. The highest BCUT2D eigenvalue weighted by atomic mass is 19.1. The molecule has 8 nitrogen and oxygen atoms in total. The molecule has 1 spiro atoms. The van der Waals surface area contributed by atoms with Gasteiger partial charge < -0.3 is 20.4 Å². The predicted octanol–water partition coefficient (Wildman–Crippen LogP) is 2.82. The molecule has 3 saturated heterocycles. The number of piperidine rings is 2. The van der Waals surface area contributed by atoms with Crippen molar-refractivity contribution in [2.75, 3.05) is 61.4 Å². The highest BCUT2D eigenvalue weighted by Gasteiger charge is 2.41. The normalized spacial score (nSPS) is 22.2. The van der Waals surface area contributed by atoms with E-state index < -0.39 is 5.67 Å². The van der Waals surface area contributed by atoms with Crippen molar-refractivity contribution in [3.8, 4) is 0 Å². The zero-order chi connectivity index (χ0) is 24.5. The maximum Gasteiger partial charge on any atom is 0.240 e. The minimum atomic E-state index is -1.02. The number of nitrogens with zero attached hydrogens (tertiary/aromatic N) is 5. The molecule has 4 heterocycles. The molecule has 3 aliphatic rings. The number of anilines is 3. The van der Waals surface area contributed by atoms with Gasteiger partial charge >= 0.3 is 0 Å². The molecule has 0 radical (unpaired) electrons. The van der Waals surface area contributed by atoms with Crippen molar-refractivity contribution in [1.82, 2.24) is 20.2 Å². The minimum Gasteiger partial charge on any atom is -0.373 e. The van der Waals surface area contributed by atoms with Gasteiger partial charge in [0.25, 0.3) is 0 Å². The predicted molar refractivity (Wildman–Crippen MR) is 137 cm³/mol. The Balaban J connectivity index is 1.20. The van der Waals surface area contributed by atoms with E-state index in [1.807, 2.05) is 13.1 Å². The summed E-state index contributed by atoms with van der Waals surface area (Å²) in [4.78, 5) is 28.1. The molecule has 1 amide bonds. The largest absolute Gasteiger partial charge is 0.373 e. The van der Waals surface area contributed by atoms with Gasteiger partial charge in [-0.05, 0) is 50.3 Å². The van der Waals surface area contributed by atoms with Crippen LogP contribution in [0.3, 0.4) is 0 Å². The first-order chi connectivity index (χ1) is 16.8. The molecule has 0 unspecified atom stereocenters. The number of hydrogen-bond acceptors (Lipinski definition) is 7. The van der Waals surface area contributed by atoms with Crippen molar-refractivity contribution >= 4 is 23.2 Å². The highest BCUT2D eigenvalue weighted by Crippen LogP contribution is 2.31. The number of hydrogen-bond donors (Lipinski definition) is 2. The molecule has 35 heavy (non-hydrogen) atoms. The average Bonchev–Trinajstić information content (AvgIpc) is 2.86. The van der Waals surface area contributed by atoms with Crippen LogP contribution in [0.25, 0.3) is 0 Å². The molecule has 3 fully saturated rings. The van der Waals surface area contributed by atoms with E-state index in [4.69, 9.17) is 0 Å². The Hall–Kier alpha value is -2.94. The lowest BCUT2D eigenvalue weighted by Crippen LogP contribution is -2.66. The number of likely N-dealkylation sites (tertiary alicyclic amines) is 1. The average molecular weight is 482 g/mol. The number of halogens is 1. The number of benzene rings is 1. The first-order valence-electron chi connectivity index (χ1n) is 12.6. The fourth-order valence-corrected chi connectivity index (χ4v) is 5.50. The topological polar surface area (TPSA) is 76.6 Å². The van der Waals surface area contributed by atoms with Crippen LogP contribution in [0.1, 0.15) is 38.2 Å². The molecule has 0 aliphatic carbocycles. The van der Waals surface area contributed by atoms with E-state index in [9.17, 15) is 9.18 Å². The summed E-state index contributed by atoms with van der Waals surface area (Å²) in [7, 11) is 1.85. The molecule has 1 aromatic carbocycles. The minimum absolute atomic E-state index is 0.0795. The molecule has 2 aromatic rings. The van der Waals surface area contributed by atoms with Crippen LogP contribution in [0.2, 0.25) is 0 Å². The standard InChI is InChI=1S/C26H36FN7O/c1-25(27)7-11-32(12-8-25)16-20-3-5-21(6-4-20)34-17-24(35)31-26(18-34)9-13-33(14-10-26)23-15-22(28-2)29-19-30-23/h3-6,15,19H,7-14,16-18H2,1-2H3,(H,31,35)(H,28,29,30). The summed E-state index contributed by atoms with van der Waals surface area (Å²) in [5.41, 5.74) is 1.06. The Morgan fingerprint density at radius 1 is 1.03 bits per heavy atom. The molecular formula is C26H36FN7O. The third kappa shape index (κ3) is 5.50. The van der Waals surface area contributed by atoms with Crippen molar-refractivity contribution in [2.24, 2.45) is 0 Å². The summed E-state index contributed by atoms with van der Waals surface area (Å²) >= 11 is 0. The first-order valence-corrected chi connectivity index (χ1v) is 12.6. The molecular weight excluding hydrogens is 445 g/mol. The van der Waals surface area contributed by atoms with E-state index in [2.05, 4.69) is 59.6 Å². The number of amides is 1. The second-order valence-corrected chi connectivity index (χ2v) is 10.5. The fraction of sp³-hybridized carbons (Fsp3) is 0.577. The molecule has 188 valence electrons. The fourth-order valence-electron chi connectivity index (χ4n) is 5.50. The second kappa shape index (κ2) is 9.60. The van der Waals surface area contributed by atoms with Crippen LogP contribution >= 0.6 is 0 Å². The molecule has 0 bridgehead atoms. The Bertz CT molecular complexity index is 1030. The van der Waals surface area contributed by atoms with E-state index >= 15 is 0 Å². The lowest BCUT2D eigenvalue weighted by Gasteiger charge is -2.48. The van der Waals surface area contributed by atoms with Crippen molar-refractivity contribution in [3.63, 3.8) is 0 Å². The quantitative estimate of drug-likeness (QED) is 0.680. The highest BCUT2D eigenvalue weighted by molar-refractivity contribution is 5.84. The Morgan fingerprint density at radius 2 is 1.74 bits per heavy atom. The van der Waals surface area contributed by atoms with Gasteiger partial charge in [-0.2, -0.15) is 0 Å². The van der Waals surface area contributed by atoms with Crippen LogP contribution in [0.5, 0.6) is 0 Å². The number of carbonyl (C=O) groups is 1. The maximum absolute atomic E-state index is 14.1. The van der Waals surface area contributed by atoms with Crippen LogP contribution in [0.4, 0.5) is 21.7 Å². The monoisotopic (exact) mass is 481 g/mol. The van der Waals surface area contributed by atoms with Crippen LogP contribution in [0, 0.1) is 0 Å². The molecule has 3 aliphatic heterocycles. The number of aromatic nitrogens is 2. The molecule has 2 N–H and O–H groups in total. The number of piperazine rings is 1. The maximum atomic E-state index is 14.1. The molecule has 5 rings (SSSR count). The third-order valence-electron chi connectivity index (χ3n) is 7.79. The van der Waals surface area contributed by atoms with Gasteiger partial charge in [0.05, 0.1) is 12.1 Å². The Labute approximate surface area is 206 Å². The Kier molecular flexibility index (Phi) is 6.53. The van der Waals surface area contributed by atoms with Gasteiger partial charge in [0.15, 0.2) is 0 Å². The van der Waals surface area contributed by atoms with Crippen LogP contribution < -0.4 is 20.4 Å². The van der Waals surface area contributed by atoms with Crippen LogP contribution in [-0.4, -0.2) is 78.3 Å². The van der Waals surface area contributed by atoms with Gasteiger partial charge in [0.2, 0.25) is 5.91 Å². The van der Waals surface area contributed by atoms with Crippen molar-refractivity contribution in [3.05, 3.63) is 42.2 Å². The van der Waals surface area contributed by atoms with Gasteiger partial charge in [-0.15, -0.1) is 0 Å². The summed E-state index contributed by atoms with van der Waals surface area (Å²) in [6, 6.07) is 10.5. The van der Waals surface area contributed by atoms with Crippen LogP contribution in [0.15, 0.2) is 36.7 Å². The van der Waals surface area contributed by atoms with E-state index in [0.29, 0.717) is 19.4 Å². The van der Waals surface area contributed by atoms with Gasteiger partial charge in [-0.3, -0.25) is 9.69 Å². The number of rotatable bonds is 5. The molecule has 1 aromatic heterocycles. The zero-order valence-corrected chi connectivity index (χ0v) is 20.8. The Morgan fingerprint density at radius 3 is 2.43 bits per heavy atom. The van der Waals surface area contributed by atoms with E-state index in [1.165, 1.54) is 5.56 Å². The van der Waals surface area contributed by atoms with Gasteiger partial charge in [0, 0.05) is 58.1 Å². The molecule has 0 saturated carbocycles. The third-order valence-corrected chi connectivity index (χ3v) is 7.79. The van der Waals surface area contributed by atoms with Gasteiger partial charge in [0.1, 0.15) is 23.6 Å². The number of carbonyl (C=O) groups excluding carboxylic acids is 1. The van der Waals surface area contributed by atoms with E-state index in [0.717, 1.165) is 69.4 Å². The van der Waals surface area contributed by atoms with Crippen molar-refractivity contribution in [2.45, 2.75) is 50.4 Å². The summed E-state index contributed by atoms with van der Waals surface area (Å²) < 4.78 is 14.1. The lowest BCUT2D eigenvalue weighted by molar-refractivity contribution is -0.123. The number of alkyl halides is 1. The van der Waals surface area contributed by atoms with Crippen molar-refractivity contribution in [1.29, 1.82) is 0 Å². The summed E-state index contributed by atoms with van der Waals surface area (Å²) in [6.45, 7) is 7.00. The first kappa shape index (κ1) is 23.8. The van der Waals surface area contributed by atoms with Gasteiger partial charge in [-0.1, -0.05) is 12.1 Å². The zero-order valence-electron chi connectivity index (χ0n) is 20.8. The molecule has 9 heteroatoms. The SMILES string of the molecule is CNc1cc(N2CCC3(CC2)CN(c2ccc(CN4CCC(C)(F)CC4)cc2)CC(=O)N3)ncn1. The number of nitrogens with one attached hydrogen (secondary N) is 2. The second-order valence-electron chi connectivity index (χ2n) is 10.5. The van der Waals surface area contributed by atoms with Crippen molar-refractivity contribution < 1.29 is 9.18 Å². The van der Waals surface area contributed by atoms with Gasteiger partial charge in [-0.25, -0.2) is 14.4 Å². The lowest BCUT2D eigenvalue weighted by atomic mass is 9.85. The summed E-state index contributed by atoms with van der Waals surface area (Å²) in [5.74, 6) is 1.80. The smallest absolute Gasteiger partial charge is 0.240 e. The summed E-state index contributed by atoms with van der Waals surface area (Å²) in [6.07, 6.45) is 4.52. The van der Waals surface area contributed by atoms with E-state index in [-0.39, 0.29) is 11.4 Å². The van der Waals surface area contributed by atoms with Crippen LogP contribution in [-0.2, 0) is 11.3 Å².